The monoisotopic (exact) mass is 301 g/mol. The molecule has 0 fully saturated rings. The van der Waals surface area contributed by atoms with E-state index < -0.39 is 0 Å². The number of amides is 1. The van der Waals surface area contributed by atoms with Crippen LogP contribution in [0.2, 0.25) is 0 Å². The first-order chi connectivity index (χ1) is 10.1. The third-order valence-electron chi connectivity index (χ3n) is 3.70. The minimum atomic E-state index is -0.316. The molecule has 1 heterocycles. The summed E-state index contributed by atoms with van der Waals surface area (Å²) in [5.74, 6) is 0.535. The Bertz CT molecular complexity index is 686. The third kappa shape index (κ3) is 2.95. The average molecular weight is 301 g/mol. The third-order valence-corrected chi connectivity index (χ3v) is 4.82. The number of carbonyl (C=O) groups is 1. The number of halogens is 1. The minimum absolute atomic E-state index is 0.0272. The van der Waals surface area contributed by atoms with Gasteiger partial charge in [-0.25, -0.2) is 4.39 Å². The molecule has 1 unspecified atom stereocenters. The lowest BCUT2D eigenvalue weighted by Gasteiger charge is -2.26. The molecule has 1 amide bonds. The molecule has 4 heteroatoms. The van der Waals surface area contributed by atoms with Gasteiger partial charge in [-0.2, -0.15) is 0 Å². The summed E-state index contributed by atoms with van der Waals surface area (Å²) in [7, 11) is 0. The highest BCUT2D eigenvalue weighted by Crippen LogP contribution is 2.35. The largest absolute Gasteiger partial charge is 0.345 e. The van der Waals surface area contributed by atoms with Crippen LogP contribution in [-0.4, -0.2) is 11.7 Å². The molecule has 3 rings (SSSR count). The van der Waals surface area contributed by atoms with E-state index in [0.717, 1.165) is 12.2 Å². The predicted octanol–water partition coefficient (Wildman–Crippen LogP) is 4.10. The van der Waals surface area contributed by atoms with Crippen molar-refractivity contribution < 1.29 is 9.18 Å². The van der Waals surface area contributed by atoms with Gasteiger partial charge in [-0.05, 0) is 48.7 Å². The van der Waals surface area contributed by atoms with Gasteiger partial charge < -0.3 is 5.32 Å². The summed E-state index contributed by atoms with van der Waals surface area (Å²) in [6.45, 7) is 1.75. The lowest BCUT2D eigenvalue weighted by Crippen LogP contribution is -2.31. The van der Waals surface area contributed by atoms with Crippen LogP contribution in [0.4, 0.5) is 4.39 Å². The van der Waals surface area contributed by atoms with Gasteiger partial charge in [-0.1, -0.05) is 18.2 Å². The SMILES string of the molecule is Cc1cc(F)ccc1C(=O)NC1CCSc2ccccc21. The van der Waals surface area contributed by atoms with E-state index in [1.807, 2.05) is 23.9 Å². The lowest BCUT2D eigenvalue weighted by atomic mass is 10.0. The summed E-state index contributed by atoms with van der Waals surface area (Å²) in [6, 6.07) is 12.4. The van der Waals surface area contributed by atoms with Crippen molar-refractivity contribution in [2.24, 2.45) is 0 Å². The Labute approximate surface area is 127 Å². The molecule has 1 atom stereocenters. The van der Waals surface area contributed by atoms with Crippen LogP contribution in [0, 0.1) is 12.7 Å². The molecule has 1 N–H and O–H groups in total. The van der Waals surface area contributed by atoms with Gasteiger partial charge in [0.05, 0.1) is 6.04 Å². The number of rotatable bonds is 2. The predicted molar refractivity (Wildman–Crippen MR) is 83.1 cm³/mol. The molecule has 0 bridgehead atoms. The quantitative estimate of drug-likeness (QED) is 0.904. The highest BCUT2D eigenvalue weighted by molar-refractivity contribution is 7.99. The first-order valence-electron chi connectivity index (χ1n) is 6.94. The molecule has 2 nitrogen and oxygen atoms in total. The van der Waals surface area contributed by atoms with E-state index in [0.29, 0.717) is 11.1 Å². The van der Waals surface area contributed by atoms with Crippen molar-refractivity contribution in [2.75, 3.05) is 5.75 Å². The molecule has 0 spiro atoms. The summed E-state index contributed by atoms with van der Waals surface area (Å²) < 4.78 is 13.1. The maximum Gasteiger partial charge on any atom is 0.252 e. The summed E-state index contributed by atoms with van der Waals surface area (Å²) in [4.78, 5) is 13.6. The van der Waals surface area contributed by atoms with Crippen LogP contribution < -0.4 is 5.32 Å². The fraction of sp³-hybridized carbons (Fsp3) is 0.235. The van der Waals surface area contributed by atoms with Gasteiger partial charge >= 0.3 is 0 Å². The van der Waals surface area contributed by atoms with Crippen LogP contribution in [0.25, 0.3) is 0 Å². The Morgan fingerprint density at radius 3 is 2.90 bits per heavy atom. The number of hydrogen-bond acceptors (Lipinski definition) is 2. The molecule has 2 aromatic rings. The number of thioether (sulfide) groups is 1. The number of benzene rings is 2. The Morgan fingerprint density at radius 2 is 2.10 bits per heavy atom. The first-order valence-corrected chi connectivity index (χ1v) is 7.92. The van der Waals surface area contributed by atoms with E-state index in [-0.39, 0.29) is 17.8 Å². The fourth-order valence-electron chi connectivity index (χ4n) is 2.61. The number of fused-ring (bicyclic) bond motifs is 1. The van der Waals surface area contributed by atoms with E-state index >= 15 is 0 Å². The smallest absolute Gasteiger partial charge is 0.252 e. The molecule has 0 radical (unpaired) electrons. The summed E-state index contributed by atoms with van der Waals surface area (Å²) in [5, 5.41) is 3.08. The van der Waals surface area contributed by atoms with Gasteiger partial charge in [0.15, 0.2) is 0 Å². The number of nitrogens with one attached hydrogen (secondary N) is 1. The Balaban J connectivity index is 1.83. The van der Waals surface area contributed by atoms with Crippen molar-refractivity contribution >= 4 is 17.7 Å². The van der Waals surface area contributed by atoms with Crippen molar-refractivity contribution in [3.05, 3.63) is 65.0 Å². The van der Waals surface area contributed by atoms with Crippen molar-refractivity contribution in [1.29, 1.82) is 0 Å². The zero-order valence-electron chi connectivity index (χ0n) is 11.7. The van der Waals surface area contributed by atoms with Crippen molar-refractivity contribution in [2.45, 2.75) is 24.3 Å². The molecule has 0 aromatic heterocycles. The van der Waals surface area contributed by atoms with Crippen LogP contribution in [0.15, 0.2) is 47.4 Å². The van der Waals surface area contributed by atoms with Crippen LogP contribution in [0.3, 0.4) is 0 Å². The second-order valence-electron chi connectivity index (χ2n) is 5.16. The Hall–Kier alpha value is -1.81. The number of carbonyl (C=O) groups excluding carboxylic acids is 1. The second kappa shape index (κ2) is 5.90. The van der Waals surface area contributed by atoms with Crippen LogP contribution in [0.5, 0.6) is 0 Å². The van der Waals surface area contributed by atoms with Crippen molar-refractivity contribution in [3.63, 3.8) is 0 Å². The van der Waals surface area contributed by atoms with Crippen LogP contribution >= 0.6 is 11.8 Å². The minimum Gasteiger partial charge on any atom is -0.345 e. The van der Waals surface area contributed by atoms with Crippen LogP contribution in [0.1, 0.15) is 33.9 Å². The molecule has 0 saturated heterocycles. The molecule has 1 aliphatic rings. The normalized spacial score (nSPS) is 17.1. The maximum atomic E-state index is 13.1. The van der Waals surface area contributed by atoms with Crippen molar-refractivity contribution in [1.82, 2.24) is 5.32 Å². The number of aryl methyl sites for hydroxylation is 1. The van der Waals surface area contributed by atoms with Gasteiger partial charge in [-0.3, -0.25) is 4.79 Å². The molecule has 21 heavy (non-hydrogen) atoms. The van der Waals surface area contributed by atoms with Crippen molar-refractivity contribution in [3.8, 4) is 0 Å². The standard InChI is InChI=1S/C17H16FNOS/c1-11-10-12(18)6-7-13(11)17(20)19-15-8-9-21-16-5-3-2-4-14(15)16/h2-7,10,15H,8-9H2,1H3,(H,19,20). The number of hydrogen-bond donors (Lipinski definition) is 1. The Morgan fingerprint density at radius 1 is 1.29 bits per heavy atom. The Kier molecular flexibility index (Phi) is 3.97. The topological polar surface area (TPSA) is 29.1 Å². The fourth-order valence-corrected chi connectivity index (χ4v) is 3.74. The van der Waals surface area contributed by atoms with Crippen LogP contribution in [-0.2, 0) is 0 Å². The van der Waals surface area contributed by atoms with E-state index in [4.69, 9.17) is 0 Å². The molecule has 0 aliphatic carbocycles. The van der Waals surface area contributed by atoms with Gasteiger partial charge in [-0.15, -0.1) is 11.8 Å². The molecular formula is C17H16FNOS. The van der Waals surface area contributed by atoms with E-state index in [9.17, 15) is 9.18 Å². The summed E-state index contributed by atoms with van der Waals surface area (Å²) in [6.07, 6.45) is 0.910. The van der Waals surface area contributed by atoms with E-state index in [1.54, 1.807) is 13.0 Å². The van der Waals surface area contributed by atoms with Gasteiger partial charge in [0, 0.05) is 16.2 Å². The highest BCUT2D eigenvalue weighted by atomic mass is 32.2. The molecule has 2 aromatic carbocycles. The zero-order chi connectivity index (χ0) is 14.8. The van der Waals surface area contributed by atoms with Gasteiger partial charge in [0.2, 0.25) is 0 Å². The molecule has 108 valence electrons. The first kappa shape index (κ1) is 14.1. The highest BCUT2D eigenvalue weighted by Gasteiger charge is 2.22. The second-order valence-corrected chi connectivity index (χ2v) is 6.30. The molecular weight excluding hydrogens is 285 g/mol. The summed E-state index contributed by atoms with van der Waals surface area (Å²) >= 11 is 1.82. The van der Waals surface area contributed by atoms with E-state index in [2.05, 4.69) is 17.4 Å². The van der Waals surface area contributed by atoms with E-state index in [1.165, 1.54) is 22.6 Å². The molecule has 1 aliphatic heterocycles. The summed E-state index contributed by atoms with van der Waals surface area (Å²) in [5.41, 5.74) is 2.36. The van der Waals surface area contributed by atoms with Gasteiger partial charge in [0.1, 0.15) is 5.82 Å². The molecule has 0 saturated carbocycles. The average Bonchev–Trinajstić information content (AvgIpc) is 2.47. The zero-order valence-corrected chi connectivity index (χ0v) is 12.5. The van der Waals surface area contributed by atoms with Gasteiger partial charge in [0.25, 0.3) is 5.91 Å². The lowest BCUT2D eigenvalue weighted by molar-refractivity contribution is 0.0934. The maximum absolute atomic E-state index is 13.1.